The number of nitrogens with zero attached hydrogens (tertiary/aromatic N) is 2. The molecule has 1 aromatic carbocycles. The van der Waals surface area contributed by atoms with Gasteiger partial charge >= 0.3 is 0 Å². The van der Waals surface area contributed by atoms with Gasteiger partial charge in [-0.25, -0.2) is 0 Å². The highest BCUT2D eigenvalue weighted by molar-refractivity contribution is 7.86. The van der Waals surface area contributed by atoms with E-state index >= 15 is 0 Å². The fraction of sp³-hybridized carbons (Fsp3) is 0.462. The molecule has 1 amide bonds. The predicted molar refractivity (Wildman–Crippen MR) is 81.2 cm³/mol. The number of carbonyl (C=O) groups is 1. The number of halogens is 1. The fourth-order valence-corrected chi connectivity index (χ4v) is 3.35. The van der Waals surface area contributed by atoms with Gasteiger partial charge in [-0.2, -0.15) is 0 Å². The summed E-state index contributed by atoms with van der Waals surface area (Å²) >= 11 is 5.80. The quantitative estimate of drug-likeness (QED) is 0.838. The Labute approximate surface area is 126 Å². The molecule has 0 saturated carbocycles. The maximum atomic E-state index is 12.2. The summed E-state index contributed by atoms with van der Waals surface area (Å²) in [6.07, 6.45) is 0. The smallest absolute Gasteiger partial charge is 0.235 e. The van der Waals surface area contributed by atoms with E-state index in [2.05, 4.69) is 4.90 Å². The van der Waals surface area contributed by atoms with Gasteiger partial charge in [-0.15, -0.1) is 0 Å². The molecule has 1 atom stereocenters. The third kappa shape index (κ3) is 3.71. The van der Waals surface area contributed by atoms with Crippen LogP contribution < -0.4 is 5.73 Å². The van der Waals surface area contributed by atoms with Gasteiger partial charge in [0.05, 0.1) is 15.7 Å². The average molecular weight is 316 g/mol. The second-order valence-corrected chi connectivity index (χ2v) is 6.71. The van der Waals surface area contributed by atoms with Crippen molar-refractivity contribution in [3.63, 3.8) is 0 Å². The van der Waals surface area contributed by atoms with E-state index in [1.165, 1.54) is 0 Å². The number of likely N-dealkylation sites (N-methyl/N-ethyl adjacent to an activating group) is 1. The number of rotatable bonds is 3. The van der Waals surface area contributed by atoms with E-state index in [9.17, 15) is 9.00 Å². The molecule has 1 heterocycles. The van der Waals surface area contributed by atoms with Crippen LogP contribution in [0.3, 0.4) is 0 Å². The lowest BCUT2D eigenvalue weighted by Gasteiger charge is -2.32. The minimum atomic E-state index is -1.43. The van der Waals surface area contributed by atoms with E-state index in [4.69, 9.17) is 17.3 Å². The molecule has 0 bridgehead atoms. The highest BCUT2D eigenvalue weighted by Crippen LogP contribution is 2.21. The minimum absolute atomic E-state index is 0.0322. The summed E-state index contributed by atoms with van der Waals surface area (Å²) in [4.78, 5) is 16.5. The molecule has 0 spiro atoms. The minimum Gasteiger partial charge on any atom is -0.398 e. The first-order chi connectivity index (χ1) is 9.47. The third-order valence-electron chi connectivity index (χ3n) is 3.33. The van der Waals surface area contributed by atoms with Gasteiger partial charge in [0, 0.05) is 36.9 Å². The second-order valence-electron chi connectivity index (χ2n) is 4.86. The molecule has 110 valence electrons. The van der Waals surface area contributed by atoms with Crippen LogP contribution in [0, 0.1) is 0 Å². The number of amides is 1. The molecule has 5 nitrogen and oxygen atoms in total. The van der Waals surface area contributed by atoms with Crippen molar-refractivity contribution in [2.24, 2.45) is 0 Å². The zero-order valence-electron chi connectivity index (χ0n) is 11.3. The van der Waals surface area contributed by atoms with Gasteiger partial charge in [0.1, 0.15) is 5.75 Å². The van der Waals surface area contributed by atoms with E-state index in [-0.39, 0.29) is 11.7 Å². The summed E-state index contributed by atoms with van der Waals surface area (Å²) in [5.41, 5.74) is 6.15. The summed E-state index contributed by atoms with van der Waals surface area (Å²) in [6, 6.07) is 4.80. The molecule has 1 aromatic rings. The van der Waals surface area contributed by atoms with Gasteiger partial charge in [0.2, 0.25) is 5.91 Å². The Balaban J connectivity index is 1.99. The molecule has 7 heteroatoms. The number of piperazine rings is 1. The molecular formula is C13H18ClN3O2S. The second kappa shape index (κ2) is 6.56. The molecule has 1 unspecified atom stereocenters. The number of anilines is 1. The molecule has 1 saturated heterocycles. The zero-order chi connectivity index (χ0) is 14.7. The number of hydrogen-bond donors (Lipinski definition) is 1. The van der Waals surface area contributed by atoms with Crippen molar-refractivity contribution in [2.45, 2.75) is 4.90 Å². The van der Waals surface area contributed by atoms with Crippen molar-refractivity contribution in [1.29, 1.82) is 0 Å². The van der Waals surface area contributed by atoms with Crippen LogP contribution in [0.4, 0.5) is 5.69 Å². The lowest BCUT2D eigenvalue weighted by atomic mass is 10.3. The van der Waals surface area contributed by atoms with Crippen LogP contribution in [0.5, 0.6) is 0 Å². The normalized spacial score (nSPS) is 18.0. The van der Waals surface area contributed by atoms with Crippen molar-refractivity contribution >= 4 is 34.0 Å². The summed E-state index contributed by atoms with van der Waals surface area (Å²) in [6.45, 7) is 3.06. The number of nitrogens with two attached hydrogens (primary N) is 1. The van der Waals surface area contributed by atoms with E-state index < -0.39 is 10.8 Å². The maximum Gasteiger partial charge on any atom is 0.235 e. The van der Waals surface area contributed by atoms with E-state index in [1.54, 1.807) is 23.1 Å². The van der Waals surface area contributed by atoms with E-state index in [0.717, 1.165) is 13.1 Å². The summed E-state index contributed by atoms with van der Waals surface area (Å²) in [5.74, 6) is -0.124. The molecule has 1 aliphatic heterocycles. The Bertz CT molecular complexity index is 530. The Kier molecular flexibility index (Phi) is 5.01. The van der Waals surface area contributed by atoms with Crippen molar-refractivity contribution in [1.82, 2.24) is 9.80 Å². The first-order valence-corrected chi connectivity index (χ1v) is 8.07. The average Bonchev–Trinajstić information content (AvgIpc) is 2.39. The molecule has 20 heavy (non-hydrogen) atoms. The first kappa shape index (κ1) is 15.3. The predicted octanol–water partition coefficient (Wildman–Crippen LogP) is 0.804. The maximum absolute atomic E-state index is 12.2. The van der Waals surface area contributed by atoms with Crippen LogP contribution in [0.2, 0.25) is 5.02 Å². The number of benzene rings is 1. The summed E-state index contributed by atoms with van der Waals surface area (Å²) in [7, 11) is 0.590. The monoisotopic (exact) mass is 315 g/mol. The SMILES string of the molecule is CN1CCN(C(=O)CS(=O)c2ccc(Cl)cc2N)CC1. The van der Waals surface area contributed by atoms with Gasteiger partial charge < -0.3 is 15.5 Å². The third-order valence-corrected chi connectivity index (χ3v) is 4.93. The molecule has 2 rings (SSSR count). The van der Waals surface area contributed by atoms with Gasteiger partial charge in [-0.05, 0) is 25.2 Å². The van der Waals surface area contributed by atoms with Gasteiger partial charge in [0.15, 0.2) is 0 Å². The van der Waals surface area contributed by atoms with Crippen LogP contribution >= 0.6 is 11.6 Å². The molecule has 1 aliphatic rings. The Morgan fingerprint density at radius 3 is 2.60 bits per heavy atom. The number of hydrogen-bond acceptors (Lipinski definition) is 4. The number of nitrogen functional groups attached to an aromatic ring is 1. The van der Waals surface area contributed by atoms with E-state index in [1.807, 2.05) is 7.05 Å². The van der Waals surface area contributed by atoms with Crippen molar-refractivity contribution < 1.29 is 9.00 Å². The van der Waals surface area contributed by atoms with E-state index in [0.29, 0.717) is 28.7 Å². The van der Waals surface area contributed by atoms with Crippen LogP contribution in [-0.4, -0.2) is 58.9 Å². The Morgan fingerprint density at radius 2 is 2.00 bits per heavy atom. The first-order valence-electron chi connectivity index (χ1n) is 6.37. The highest BCUT2D eigenvalue weighted by Gasteiger charge is 2.21. The topological polar surface area (TPSA) is 66.6 Å². The van der Waals surface area contributed by atoms with Crippen LogP contribution in [-0.2, 0) is 15.6 Å². The van der Waals surface area contributed by atoms with Crippen LogP contribution in [0.25, 0.3) is 0 Å². The summed E-state index contributed by atoms with van der Waals surface area (Å²) in [5, 5.41) is 0.494. The molecule has 0 radical (unpaired) electrons. The zero-order valence-corrected chi connectivity index (χ0v) is 12.9. The molecule has 0 aliphatic carbocycles. The fourth-order valence-electron chi connectivity index (χ4n) is 2.06. The Morgan fingerprint density at radius 1 is 1.35 bits per heavy atom. The lowest BCUT2D eigenvalue weighted by molar-refractivity contribution is -0.129. The lowest BCUT2D eigenvalue weighted by Crippen LogP contribution is -2.48. The van der Waals surface area contributed by atoms with Gasteiger partial charge in [-0.1, -0.05) is 11.6 Å². The van der Waals surface area contributed by atoms with Crippen LogP contribution in [0.1, 0.15) is 0 Å². The van der Waals surface area contributed by atoms with Crippen LogP contribution in [0.15, 0.2) is 23.1 Å². The largest absolute Gasteiger partial charge is 0.398 e. The number of carbonyl (C=O) groups excluding carboxylic acids is 1. The van der Waals surface area contributed by atoms with Gasteiger partial charge in [0.25, 0.3) is 0 Å². The highest BCUT2D eigenvalue weighted by atomic mass is 35.5. The van der Waals surface area contributed by atoms with Crippen molar-refractivity contribution in [3.05, 3.63) is 23.2 Å². The molecular weight excluding hydrogens is 298 g/mol. The standard InChI is InChI=1S/C13H18ClN3O2S/c1-16-4-6-17(7-5-16)13(18)9-20(19)12-3-2-10(14)8-11(12)15/h2-3,8H,4-7,9,15H2,1H3. The molecule has 1 fully saturated rings. The molecule has 2 N–H and O–H groups in total. The summed E-state index contributed by atoms with van der Waals surface area (Å²) < 4.78 is 12.2. The Hall–Kier alpha value is -1.11. The van der Waals surface area contributed by atoms with Gasteiger partial charge in [-0.3, -0.25) is 9.00 Å². The van der Waals surface area contributed by atoms with Crippen molar-refractivity contribution in [2.75, 3.05) is 44.7 Å². The van der Waals surface area contributed by atoms with Crippen molar-refractivity contribution in [3.8, 4) is 0 Å². The molecule has 0 aromatic heterocycles.